The normalized spacial score (nSPS) is 9.92. The molecule has 24 heavy (non-hydrogen) atoms. The van der Waals surface area contributed by atoms with Crippen molar-refractivity contribution >= 4 is 23.7 Å². The second-order valence-electron chi connectivity index (χ2n) is 4.89. The molecule has 0 saturated heterocycles. The Balaban J connectivity index is 2.26. The summed E-state index contributed by atoms with van der Waals surface area (Å²) in [6.07, 6.45) is 0.382. The number of Topliss-reactive ketones (excluding diaryl/α,β-unsaturated/α-hetero) is 1. The van der Waals surface area contributed by atoms with Crippen molar-refractivity contribution in [3.05, 3.63) is 35.6 Å². The third kappa shape index (κ3) is 7.48. The maximum Gasteiger partial charge on any atom is 0.321 e. The minimum Gasteiger partial charge on any atom is -0.456 e. The molecule has 0 radical (unpaired) electrons. The van der Waals surface area contributed by atoms with Crippen LogP contribution >= 0.6 is 0 Å². The number of rotatable bonds is 8. The molecule has 3 amide bonds. The number of benzene rings is 1. The zero-order valence-electron chi connectivity index (χ0n) is 13.3. The first-order valence-electron chi connectivity index (χ1n) is 7.44. The summed E-state index contributed by atoms with van der Waals surface area (Å²) in [5, 5.41) is 4.43. The van der Waals surface area contributed by atoms with Crippen LogP contribution in [-0.2, 0) is 14.3 Å². The molecule has 0 aromatic heterocycles. The second-order valence-corrected chi connectivity index (χ2v) is 4.89. The van der Waals surface area contributed by atoms with Crippen LogP contribution in [-0.4, -0.2) is 36.8 Å². The maximum absolute atomic E-state index is 12.7. The lowest BCUT2D eigenvalue weighted by molar-refractivity contribution is -0.148. The average Bonchev–Trinajstić information content (AvgIpc) is 2.56. The topological polar surface area (TPSA) is 102 Å². The number of ketones is 1. The van der Waals surface area contributed by atoms with E-state index in [1.807, 2.05) is 12.2 Å². The van der Waals surface area contributed by atoms with E-state index >= 15 is 0 Å². The maximum atomic E-state index is 12.7. The lowest BCUT2D eigenvalue weighted by Gasteiger charge is -2.06. The summed E-state index contributed by atoms with van der Waals surface area (Å²) in [5.41, 5.74) is 0.287. The van der Waals surface area contributed by atoms with Crippen molar-refractivity contribution in [2.45, 2.75) is 26.2 Å². The van der Waals surface area contributed by atoms with E-state index in [9.17, 15) is 23.6 Å². The first-order chi connectivity index (χ1) is 11.4. The average molecular weight is 338 g/mol. The van der Waals surface area contributed by atoms with Crippen molar-refractivity contribution in [3.63, 3.8) is 0 Å². The minimum absolute atomic E-state index is 0.122. The molecule has 1 rings (SSSR count). The number of ether oxygens (including phenoxy) is 1. The summed E-state index contributed by atoms with van der Waals surface area (Å²) in [6.45, 7) is 1.67. The molecule has 0 saturated carbocycles. The minimum atomic E-state index is -0.762. The Kier molecular flexibility index (Phi) is 8.10. The highest BCUT2D eigenvalue weighted by Crippen LogP contribution is 2.07. The Labute approximate surface area is 138 Å². The van der Waals surface area contributed by atoms with Crippen LogP contribution in [0.5, 0.6) is 0 Å². The van der Waals surface area contributed by atoms with Gasteiger partial charge in [-0.3, -0.25) is 19.7 Å². The van der Waals surface area contributed by atoms with E-state index in [-0.39, 0.29) is 24.2 Å². The quantitative estimate of drug-likeness (QED) is 0.553. The summed E-state index contributed by atoms with van der Waals surface area (Å²) in [4.78, 5) is 45.8. The molecule has 1 aromatic carbocycles. The molecule has 0 bridgehead atoms. The van der Waals surface area contributed by atoms with Gasteiger partial charge in [0.25, 0.3) is 5.91 Å². The molecule has 0 aliphatic heterocycles. The molecule has 0 heterocycles. The number of halogens is 1. The van der Waals surface area contributed by atoms with Gasteiger partial charge in [-0.05, 0) is 30.7 Å². The van der Waals surface area contributed by atoms with Crippen molar-refractivity contribution in [1.82, 2.24) is 10.6 Å². The van der Waals surface area contributed by atoms with Crippen molar-refractivity contribution in [2.75, 3.05) is 13.2 Å². The summed E-state index contributed by atoms with van der Waals surface area (Å²) in [6, 6.07) is 4.29. The third-order valence-corrected chi connectivity index (χ3v) is 2.88. The molecular formula is C16H19FN2O5. The zero-order valence-corrected chi connectivity index (χ0v) is 13.3. The fourth-order valence-corrected chi connectivity index (χ4v) is 1.66. The van der Waals surface area contributed by atoms with E-state index in [1.54, 1.807) is 0 Å². The number of esters is 1. The van der Waals surface area contributed by atoms with Crippen LogP contribution in [0.3, 0.4) is 0 Å². The van der Waals surface area contributed by atoms with Gasteiger partial charge >= 0.3 is 12.0 Å². The van der Waals surface area contributed by atoms with E-state index in [2.05, 4.69) is 10.1 Å². The monoisotopic (exact) mass is 338 g/mol. The molecule has 0 unspecified atom stereocenters. The molecule has 0 aliphatic rings. The standard InChI is InChI=1S/C16H19FN2O5/c1-2-9-18-16(23)19-14(21)10-24-15(22)8-7-13(20)11-3-5-12(17)6-4-11/h3-6H,2,7-10H2,1H3,(H2,18,19,21,23). The van der Waals surface area contributed by atoms with Gasteiger partial charge in [0.2, 0.25) is 0 Å². The van der Waals surface area contributed by atoms with Gasteiger partial charge in [0.05, 0.1) is 6.42 Å². The summed E-state index contributed by atoms with van der Waals surface area (Å²) >= 11 is 0. The van der Waals surface area contributed by atoms with Gasteiger partial charge < -0.3 is 10.1 Å². The number of carbonyl (C=O) groups is 4. The van der Waals surface area contributed by atoms with E-state index in [1.165, 1.54) is 12.1 Å². The number of hydrogen-bond acceptors (Lipinski definition) is 5. The first kappa shape index (κ1) is 19.3. The number of amides is 3. The smallest absolute Gasteiger partial charge is 0.321 e. The third-order valence-electron chi connectivity index (χ3n) is 2.88. The van der Waals surface area contributed by atoms with Crippen LogP contribution in [0.15, 0.2) is 24.3 Å². The highest BCUT2D eigenvalue weighted by molar-refractivity contribution is 5.98. The van der Waals surface area contributed by atoms with Crippen LogP contribution in [0.2, 0.25) is 0 Å². The lowest BCUT2D eigenvalue weighted by atomic mass is 10.1. The fourth-order valence-electron chi connectivity index (χ4n) is 1.66. The van der Waals surface area contributed by atoms with Crippen LogP contribution in [0.1, 0.15) is 36.5 Å². The highest BCUT2D eigenvalue weighted by atomic mass is 19.1. The molecule has 0 spiro atoms. The number of nitrogens with one attached hydrogen (secondary N) is 2. The summed E-state index contributed by atoms with van der Waals surface area (Å²) < 4.78 is 17.4. The van der Waals surface area contributed by atoms with E-state index in [0.717, 1.165) is 18.6 Å². The van der Waals surface area contributed by atoms with Crippen LogP contribution in [0.4, 0.5) is 9.18 Å². The Morgan fingerprint density at radius 3 is 2.38 bits per heavy atom. The Hall–Kier alpha value is -2.77. The van der Waals surface area contributed by atoms with Gasteiger partial charge in [-0.25, -0.2) is 9.18 Å². The van der Waals surface area contributed by atoms with Gasteiger partial charge in [-0.1, -0.05) is 6.92 Å². The van der Waals surface area contributed by atoms with Gasteiger partial charge in [0.15, 0.2) is 12.4 Å². The number of imide groups is 1. The first-order valence-corrected chi connectivity index (χ1v) is 7.44. The SMILES string of the molecule is CCCNC(=O)NC(=O)COC(=O)CCC(=O)c1ccc(F)cc1. The van der Waals surface area contributed by atoms with Crippen LogP contribution in [0, 0.1) is 5.82 Å². The molecular weight excluding hydrogens is 319 g/mol. The Morgan fingerprint density at radius 2 is 1.75 bits per heavy atom. The van der Waals surface area contributed by atoms with Gasteiger partial charge in [0.1, 0.15) is 5.82 Å². The molecule has 2 N–H and O–H groups in total. The predicted octanol–water partition coefficient (Wildman–Crippen LogP) is 1.57. The largest absolute Gasteiger partial charge is 0.456 e. The molecule has 130 valence electrons. The summed E-state index contributed by atoms with van der Waals surface area (Å²) in [5.74, 6) is -2.30. The molecule has 0 aliphatic carbocycles. The van der Waals surface area contributed by atoms with E-state index in [0.29, 0.717) is 6.54 Å². The molecule has 0 atom stereocenters. The molecule has 8 heteroatoms. The van der Waals surface area contributed by atoms with Crippen molar-refractivity contribution < 1.29 is 28.3 Å². The van der Waals surface area contributed by atoms with Crippen molar-refractivity contribution in [1.29, 1.82) is 0 Å². The molecule has 1 aromatic rings. The van der Waals surface area contributed by atoms with Crippen molar-refractivity contribution in [3.8, 4) is 0 Å². The number of hydrogen-bond donors (Lipinski definition) is 2. The summed E-state index contributed by atoms with van der Waals surface area (Å²) in [7, 11) is 0. The molecule has 0 fully saturated rings. The van der Waals surface area contributed by atoms with E-state index in [4.69, 9.17) is 0 Å². The second kappa shape index (κ2) is 10.1. The lowest BCUT2D eigenvalue weighted by Crippen LogP contribution is -2.41. The van der Waals surface area contributed by atoms with Gasteiger partial charge in [-0.2, -0.15) is 0 Å². The van der Waals surface area contributed by atoms with Gasteiger partial charge in [-0.15, -0.1) is 0 Å². The number of carbonyl (C=O) groups excluding carboxylic acids is 4. The van der Waals surface area contributed by atoms with Crippen molar-refractivity contribution in [2.24, 2.45) is 0 Å². The zero-order chi connectivity index (χ0) is 17.9. The highest BCUT2D eigenvalue weighted by Gasteiger charge is 2.13. The molecule has 7 nitrogen and oxygen atoms in total. The van der Waals surface area contributed by atoms with Gasteiger partial charge in [0, 0.05) is 18.5 Å². The Bertz CT molecular complexity index is 601. The van der Waals surface area contributed by atoms with E-state index < -0.39 is 30.3 Å². The number of urea groups is 1. The Morgan fingerprint density at radius 1 is 1.08 bits per heavy atom. The fraction of sp³-hybridized carbons (Fsp3) is 0.375. The van der Waals surface area contributed by atoms with Crippen LogP contribution in [0.25, 0.3) is 0 Å². The predicted molar refractivity (Wildman–Crippen MR) is 82.8 cm³/mol. The van der Waals surface area contributed by atoms with Crippen LogP contribution < -0.4 is 10.6 Å².